The van der Waals surface area contributed by atoms with Crippen LogP contribution in [0.4, 0.5) is 14.6 Å². The topological polar surface area (TPSA) is 97.0 Å². The Balaban J connectivity index is 1.19. The van der Waals surface area contributed by atoms with E-state index in [2.05, 4.69) is 38.6 Å². The number of allylic oxidation sites excluding steroid dienone is 2. The third kappa shape index (κ3) is 5.38. The minimum absolute atomic E-state index is 0.0130. The fraction of sp³-hybridized carbons (Fsp3) is 0.400. The molecule has 2 fully saturated rings. The molecule has 2 saturated heterocycles. The second kappa shape index (κ2) is 11.4. The van der Waals surface area contributed by atoms with Crippen molar-refractivity contribution in [3.8, 4) is 0 Å². The highest BCUT2D eigenvalue weighted by Gasteiger charge is 2.39. The Kier molecular flexibility index (Phi) is 7.71. The van der Waals surface area contributed by atoms with Crippen LogP contribution in [0.3, 0.4) is 0 Å². The molecule has 4 aliphatic rings. The Morgan fingerprint density at radius 2 is 1.95 bits per heavy atom. The van der Waals surface area contributed by atoms with Gasteiger partial charge in [0.25, 0.3) is 5.91 Å². The molecule has 0 aliphatic carbocycles. The highest BCUT2D eigenvalue weighted by molar-refractivity contribution is 5.95. The van der Waals surface area contributed by atoms with Gasteiger partial charge in [-0.15, -0.1) is 0 Å². The predicted molar refractivity (Wildman–Crippen MR) is 155 cm³/mol. The Bertz CT molecular complexity index is 1430. The van der Waals surface area contributed by atoms with Crippen molar-refractivity contribution < 1.29 is 18.3 Å². The summed E-state index contributed by atoms with van der Waals surface area (Å²) in [6, 6.07) is 7.54. The zero-order valence-electron chi connectivity index (χ0n) is 24.0. The smallest absolute Gasteiger partial charge is 0.257 e. The number of hydrazine groups is 2. The maximum absolute atomic E-state index is 14.3. The number of amides is 1. The number of carbonyl (C=O) groups excluding carboxylic acids is 1. The molecule has 0 saturated carbocycles. The lowest BCUT2D eigenvalue weighted by atomic mass is 9.86. The minimum Gasteiger partial charge on any atom is -0.492 e. The Morgan fingerprint density at radius 3 is 2.62 bits per heavy atom. The van der Waals surface area contributed by atoms with Crippen LogP contribution in [0.2, 0.25) is 0 Å². The zero-order chi connectivity index (χ0) is 29.4. The van der Waals surface area contributed by atoms with Crippen LogP contribution in [0.15, 0.2) is 65.8 Å². The van der Waals surface area contributed by atoms with E-state index in [1.54, 1.807) is 0 Å². The van der Waals surface area contributed by atoms with E-state index in [4.69, 9.17) is 9.72 Å². The molecule has 12 heteroatoms. The molecular weight excluding hydrogens is 542 g/mol. The second-order valence-electron chi connectivity index (χ2n) is 11.3. The molecule has 1 atom stereocenters. The van der Waals surface area contributed by atoms with Crippen molar-refractivity contribution in [3.05, 3.63) is 88.6 Å². The number of anilines is 1. The van der Waals surface area contributed by atoms with Gasteiger partial charge in [-0.1, -0.05) is 6.07 Å². The largest absolute Gasteiger partial charge is 0.492 e. The average molecular weight is 579 g/mol. The first-order valence-corrected chi connectivity index (χ1v) is 14.2. The number of rotatable bonds is 8. The third-order valence-corrected chi connectivity index (χ3v) is 8.09. The lowest BCUT2D eigenvalue weighted by Gasteiger charge is -2.44. The SMILES string of the molecule is CCOC1=CN2NC3NNCC3=C2C(c2ccc(N3CCC(CN(C)C)(NC(=O)c4c(F)cccc4F)CC3)nc2)=C1. The molecule has 2 aromatic rings. The maximum Gasteiger partial charge on any atom is 0.257 e. The first-order valence-electron chi connectivity index (χ1n) is 14.2. The molecule has 1 aromatic heterocycles. The van der Waals surface area contributed by atoms with Crippen LogP contribution in [0.5, 0.6) is 0 Å². The number of aromatic nitrogens is 1. The van der Waals surface area contributed by atoms with E-state index in [0.29, 0.717) is 39.1 Å². The molecule has 1 unspecified atom stereocenters. The number of nitrogens with zero attached hydrogens (tertiary/aromatic N) is 4. The number of hydrogen-bond acceptors (Lipinski definition) is 9. The number of likely N-dealkylation sites (N-methyl/N-ethyl adjacent to an activating group) is 1. The van der Waals surface area contributed by atoms with Crippen LogP contribution < -0.4 is 26.5 Å². The number of benzene rings is 1. The van der Waals surface area contributed by atoms with E-state index in [0.717, 1.165) is 47.1 Å². The van der Waals surface area contributed by atoms with Gasteiger partial charge in [-0.3, -0.25) is 15.2 Å². The van der Waals surface area contributed by atoms with Crippen molar-refractivity contribution in [3.63, 3.8) is 0 Å². The number of nitrogens with one attached hydrogen (secondary N) is 4. The van der Waals surface area contributed by atoms with E-state index < -0.39 is 28.6 Å². The van der Waals surface area contributed by atoms with Crippen LogP contribution in [0.25, 0.3) is 5.57 Å². The second-order valence-corrected chi connectivity index (χ2v) is 11.3. The molecule has 0 spiro atoms. The molecule has 4 aliphatic heterocycles. The average Bonchev–Trinajstić information content (AvgIpc) is 3.54. The van der Waals surface area contributed by atoms with Crippen molar-refractivity contribution in [2.24, 2.45) is 0 Å². The van der Waals surface area contributed by atoms with Gasteiger partial charge in [-0.05, 0) is 64.2 Å². The Morgan fingerprint density at radius 1 is 1.19 bits per heavy atom. The summed E-state index contributed by atoms with van der Waals surface area (Å²) in [6.07, 6.45) is 7.11. The van der Waals surface area contributed by atoms with Gasteiger partial charge >= 0.3 is 0 Å². The quantitative estimate of drug-likeness (QED) is 0.377. The fourth-order valence-corrected chi connectivity index (χ4v) is 6.21. The van der Waals surface area contributed by atoms with Crippen molar-refractivity contribution in [1.82, 2.24) is 36.5 Å². The zero-order valence-corrected chi connectivity index (χ0v) is 24.0. The van der Waals surface area contributed by atoms with E-state index in [-0.39, 0.29) is 6.17 Å². The van der Waals surface area contributed by atoms with E-state index in [1.807, 2.05) is 49.4 Å². The van der Waals surface area contributed by atoms with Gasteiger partial charge in [-0.25, -0.2) is 24.6 Å². The predicted octanol–water partition coefficient (Wildman–Crippen LogP) is 2.47. The number of ether oxygens (including phenoxy) is 1. The van der Waals surface area contributed by atoms with Gasteiger partial charge in [0.15, 0.2) is 0 Å². The molecule has 0 radical (unpaired) electrons. The normalized spacial score (nSPS) is 21.2. The highest BCUT2D eigenvalue weighted by Crippen LogP contribution is 2.38. The molecule has 4 N–H and O–H groups in total. The van der Waals surface area contributed by atoms with Gasteiger partial charge < -0.3 is 19.9 Å². The van der Waals surface area contributed by atoms with Gasteiger partial charge in [0.05, 0.1) is 24.0 Å². The molecule has 1 aromatic carbocycles. The number of piperidine rings is 1. The Hall–Kier alpha value is -3.84. The standard InChI is InChI=1S/C30H36F2N8O2/c1-4-42-20-14-21(27-22-16-34-36-28(22)37-40(27)17-20)19-8-9-25(33-15-19)39-12-10-30(11-13-39,18-38(2)3)35-29(41)26-23(31)6-5-7-24(26)32/h5-9,14-15,17,28,34,36-37H,4,10-13,16,18H2,1-3H3,(H,35,41). The minimum atomic E-state index is -0.866. The molecule has 10 nitrogen and oxygen atoms in total. The molecule has 1 amide bonds. The molecular formula is C30H36F2N8O2. The molecule has 0 bridgehead atoms. The van der Waals surface area contributed by atoms with Crippen molar-refractivity contribution in [1.29, 1.82) is 0 Å². The summed E-state index contributed by atoms with van der Waals surface area (Å²) in [5.41, 5.74) is 13.0. The summed E-state index contributed by atoms with van der Waals surface area (Å²) in [4.78, 5) is 22.0. The van der Waals surface area contributed by atoms with Gasteiger partial charge in [-0.2, -0.15) is 0 Å². The van der Waals surface area contributed by atoms with Crippen molar-refractivity contribution in [2.75, 3.05) is 51.8 Å². The number of halogens is 2. The van der Waals surface area contributed by atoms with Gasteiger partial charge in [0.1, 0.15) is 34.9 Å². The lowest BCUT2D eigenvalue weighted by Crippen LogP contribution is -2.60. The van der Waals surface area contributed by atoms with Crippen molar-refractivity contribution >= 4 is 17.3 Å². The summed E-state index contributed by atoms with van der Waals surface area (Å²) in [7, 11) is 3.85. The third-order valence-electron chi connectivity index (χ3n) is 8.09. The number of carbonyl (C=O) groups is 1. The summed E-state index contributed by atoms with van der Waals surface area (Å²) in [6.45, 7) is 5.07. The summed E-state index contributed by atoms with van der Waals surface area (Å²) < 4.78 is 34.5. The maximum atomic E-state index is 14.3. The first-order chi connectivity index (χ1) is 20.3. The molecule has 42 heavy (non-hydrogen) atoms. The fourth-order valence-electron chi connectivity index (χ4n) is 6.21. The number of hydrogen-bond donors (Lipinski definition) is 4. The first kappa shape index (κ1) is 28.3. The van der Waals surface area contributed by atoms with Crippen molar-refractivity contribution in [2.45, 2.75) is 31.5 Å². The van der Waals surface area contributed by atoms with Crippen LogP contribution >= 0.6 is 0 Å². The number of fused-ring (bicyclic) bond motifs is 2. The molecule has 5 heterocycles. The summed E-state index contributed by atoms with van der Waals surface area (Å²) in [5.74, 6) is -0.857. The summed E-state index contributed by atoms with van der Waals surface area (Å²) in [5, 5.41) is 4.99. The van der Waals surface area contributed by atoms with Crippen LogP contribution in [0.1, 0.15) is 35.7 Å². The molecule has 6 rings (SSSR count). The summed E-state index contributed by atoms with van der Waals surface area (Å²) >= 11 is 0. The molecule has 222 valence electrons. The lowest BCUT2D eigenvalue weighted by molar-refractivity contribution is 0.0844. The van der Waals surface area contributed by atoms with Gasteiger partial charge in [0, 0.05) is 49.1 Å². The number of pyridine rings is 1. The van der Waals surface area contributed by atoms with E-state index in [1.165, 1.54) is 11.6 Å². The van der Waals surface area contributed by atoms with Crippen LogP contribution in [-0.2, 0) is 4.74 Å². The Labute approximate surface area is 244 Å². The van der Waals surface area contributed by atoms with E-state index >= 15 is 0 Å². The monoisotopic (exact) mass is 578 g/mol. The van der Waals surface area contributed by atoms with E-state index in [9.17, 15) is 13.6 Å². The van der Waals surface area contributed by atoms with Crippen LogP contribution in [0, 0.1) is 11.6 Å². The highest BCUT2D eigenvalue weighted by atomic mass is 19.1. The van der Waals surface area contributed by atoms with Crippen LogP contribution in [-0.4, -0.2) is 79.4 Å². The van der Waals surface area contributed by atoms with Gasteiger partial charge in [0.2, 0.25) is 0 Å².